The number of hydrogen-bond acceptors (Lipinski definition) is 14. The van der Waals surface area contributed by atoms with E-state index in [9.17, 15) is 19.2 Å². The molecular formula is C30H44N8O8. The number of piperazine rings is 2. The molecule has 2 aliphatic heterocycles. The first kappa shape index (κ1) is 35.7. The molecule has 0 spiro atoms. The summed E-state index contributed by atoms with van der Waals surface area (Å²) in [6, 6.07) is 3.01. The van der Waals surface area contributed by atoms with Crippen LogP contribution >= 0.6 is 0 Å². The summed E-state index contributed by atoms with van der Waals surface area (Å²) in [6.45, 7) is 15.4. The predicted molar refractivity (Wildman–Crippen MR) is 167 cm³/mol. The van der Waals surface area contributed by atoms with Crippen LogP contribution in [-0.2, 0) is 18.9 Å². The number of ether oxygens (including phenoxy) is 4. The van der Waals surface area contributed by atoms with Crippen LogP contribution in [0.1, 0.15) is 62.5 Å². The third-order valence-electron chi connectivity index (χ3n) is 6.50. The molecule has 46 heavy (non-hydrogen) atoms. The average molecular weight is 645 g/mol. The fourth-order valence-corrected chi connectivity index (χ4v) is 4.27. The molecule has 0 bridgehead atoms. The number of carbonyl (C=O) groups is 4. The van der Waals surface area contributed by atoms with E-state index in [4.69, 9.17) is 9.47 Å². The van der Waals surface area contributed by atoms with Gasteiger partial charge < -0.3 is 38.5 Å². The molecule has 0 atom stereocenters. The van der Waals surface area contributed by atoms with Crippen molar-refractivity contribution >= 4 is 36.0 Å². The van der Waals surface area contributed by atoms with Crippen molar-refractivity contribution < 1.29 is 38.1 Å². The van der Waals surface area contributed by atoms with E-state index in [2.05, 4.69) is 29.4 Å². The van der Waals surface area contributed by atoms with Gasteiger partial charge in [-0.2, -0.15) is 0 Å². The number of nitrogens with zero attached hydrogens (tertiary/aromatic N) is 8. The van der Waals surface area contributed by atoms with Gasteiger partial charge in [0, 0.05) is 64.8 Å². The Kier molecular flexibility index (Phi) is 12.0. The molecule has 16 heteroatoms. The maximum atomic E-state index is 12.0. The van der Waals surface area contributed by atoms with E-state index in [1.165, 1.54) is 38.7 Å². The van der Waals surface area contributed by atoms with Crippen molar-refractivity contribution in [2.75, 3.05) is 76.4 Å². The fourth-order valence-electron chi connectivity index (χ4n) is 4.27. The van der Waals surface area contributed by atoms with Gasteiger partial charge in [-0.25, -0.2) is 39.1 Å². The highest BCUT2D eigenvalue weighted by molar-refractivity contribution is 5.87. The van der Waals surface area contributed by atoms with Gasteiger partial charge in [-0.05, 0) is 53.7 Å². The minimum atomic E-state index is -0.508. The van der Waals surface area contributed by atoms with E-state index in [-0.39, 0.29) is 23.6 Å². The van der Waals surface area contributed by atoms with Crippen LogP contribution in [-0.4, -0.2) is 132 Å². The van der Waals surface area contributed by atoms with Gasteiger partial charge >= 0.3 is 24.1 Å². The number of hydrogen-bond donors (Lipinski definition) is 0. The molecule has 2 fully saturated rings. The summed E-state index contributed by atoms with van der Waals surface area (Å²) >= 11 is 0. The summed E-state index contributed by atoms with van der Waals surface area (Å²) in [5.74, 6) is -0.0874. The molecule has 2 aromatic rings. The Morgan fingerprint density at radius 1 is 0.587 bits per heavy atom. The molecule has 0 N–H and O–H groups in total. The highest BCUT2D eigenvalue weighted by Gasteiger charge is 2.28. The maximum Gasteiger partial charge on any atom is 0.410 e. The van der Waals surface area contributed by atoms with Gasteiger partial charge in [0.1, 0.15) is 11.2 Å². The lowest BCUT2D eigenvalue weighted by Crippen LogP contribution is -2.50. The second-order valence-corrected chi connectivity index (χ2v) is 12.4. The Morgan fingerprint density at radius 3 is 1.20 bits per heavy atom. The van der Waals surface area contributed by atoms with E-state index in [1.807, 2.05) is 51.3 Å². The lowest BCUT2D eigenvalue weighted by Gasteiger charge is -2.35. The zero-order valence-corrected chi connectivity index (χ0v) is 27.8. The predicted octanol–water partition coefficient (Wildman–Crippen LogP) is 2.64. The molecule has 16 nitrogen and oxygen atoms in total. The lowest BCUT2D eigenvalue weighted by molar-refractivity contribution is 0.0229. The Bertz CT molecular complexity index is 1260. The van der Waals surface area contributed by atoms with Crippen LogP contribution in [0.15, 0.2) is 24.5 Å². The topological polar surface area (TPSA) is 170 Å². The summed E-state index contributed by atoms with van der Waals surface area (Å²) < 4.78 is 20.0. The van der Waals surface area contributed by atoms with Crippen LogP contribution in [0.3, 0.4) is 0 Å². The normalized spacial score (nSPS) is 15.3. The third kappa shape index (κ3) is 10.7. The largest absolute Gasteiger partial charge is 0.464 e. The van der Waals surface area contributed by atoms with Crippen LogP contribution in [0.5, 0.6) is 0 Å². The molecule has 4 heterocycles. The summed E-state index contributed by atoms with van der Waals surface area (Å²) in [5.41, 5.74) is -0.586. The van der Waals surface area contributed by atoms with E-state index in [0.717, 1.165) is 0 Å². The monoisotopic (exact) mass is 644 g/mol. The van der Waals surface area contributed by atoms with Crippen LogP contribution < -0.4 is 9.80 Å². The van der Waals surface area contributed by atoms with Crippen LogP contribution in [0.25, 0.3) is 0 Å². The van der Waals surface area contributed by atoms with Crippen LogP contribution in [0.2, 0.25) is 0 Å². The van der Waals surface area contributed by atoms with Crippen molar-refractivity contribution in [1.29, 1.82) is 0 Å². The number of anilines is 2. The van der Waals surface area contributed by atoms with Crippen molar-refractivity contribution in [2.24, 2.45) is 0 Å². The number of amides is 2. The summed E-state index contributed by atoms with van der Waals surface area (Å²) in [7, 11) is 2.62. The first-order valence-corrected chi connectivity index (χ1v) is 14.9. The quantitative estimate of drug-likeness (QED) is 0.351. The molecular weight excluding hydrogens is 600 g/mol. The fraction of sp³-hybridized carbons (Fsp3) is 0.600. The summed E-state index contributed by atoms with van der Waals surface area (Å²) in [4.78, 5) is 71.0. The van der Waals surface area contributed by atoms with E-state index < -0.39 is 23.1 Å². The second kappa shape index (κ2) is 15.5. The number of aromatic nitrogens is 4. The van der Waals surface area contributed by atoms with Crippen LogP contribution in [0.4, 0.5) is 21.5 Å². The van der Waals surface area contributed by atoms with Crippen molar-refractivity contribution in [3.8, 4) is 0 Å². The van der Waals surface area contributed by atoms with Crippen molar-refractivity contribution in [3.63, 3.8) is 0 Å². The zero-order chi connectivity index (χ0) is 34.1. The number of rotatable bonds is 4. The number of esters is 2. The SMILES string of the molecule is COC(=O)c1ccnc(N2CCN(C(=O)OC(C)(C)C)CC2)n1.COC(=O)c1ccnc(N2CCN(C(=O)OC(C)(C)C)CC2)n1. The molecule has 0 aromatic carbocycles. The third-order valence-corrected chi connectivity index (χ3v) is 6.50. The van der Waals surface area contributed by atoms with Gasteiger partial charge in [0.2, 0.25) is 11.9 Å². The zero-order valence-electron chi connectivity index (χ0n) is 27.8. The average Bonchev–Trinajstić information content (AvgIpc) is 3.03. The molecule has 0 aliphatic carbocycles. The Labute approximate surface area is 269 Å². The molecule has 2 aliphatic rings. The number of carbonyl (C=O) groups excluding carboxylic acids is 4. The first-order valence-electron chi connectivity index (χ1n) is 14.9. The maximum absolute atomic E-state index is 12.0. The molecule has 2 saturated heterocycles. The molecule has 252 valence electrons. The van der Waals surface area contributed by atoms with Crippen molar-refractivity contribution in [2.45, 2.75) is 52.7 Å². The van der Waals surface area contributed by atoms with E-state index >= 15 is 0 Å². The lowest BCUT2D eigenvalue weighted by atomic mass is 10.2. The van der Waals surface area contributed by atoms with E-state index in [0.29, 0.717) is 64.3 Å². The molecule has 0 unspecified atom stereocenters. The Balaban J connectivity index is 0.000000250. The van der Waals surface area contributed by atoms with Gasteiger partial charge in [0.05, 0.1) is 14.2 Å². The van der Waals surface area contributed by atoms with E-state index in [1.54, 1.807) is 9.80 Å². The molecule has 2 amide bonds. The highest BCUT2D eigenvalue weighted by atomic mass is 16.6. The Hall–Kier alpha value is -4.76. The second-order valence-electron chi connectivity index (χ2n) is 12.4. The molecule has 2 aromatic heterocycles. The van der Waals surface area contributed by atoms with Crippen molar-refractivity contribution in [3.05, 3.63) is 35.9 Å². The van der Waals surface area contributed by atoms with Crippen LogP contribution in [0, 0.1) is 0 Å². The summed E-state index contributed by atoms with van der Waals surface area (Å²) in [6.07, 6.45) is 2.41. The Morgan fingerprint density at radius 2 is 0.913 bits per heavy atom. The molecule has 0 saturated carbocycles. The minimum absolute atomic E-state index is 0.215. The van der Waals surface area contributed by atoms with Gasteiger partial charge in [0.25, 0.3) is 0 Å². The smallest absolute Gasteiger partial charge is 0.410 e. The standard InChI is InChI=1S/2C15H22N4O4/c2*1-15(2,3)23-14(21)19-9-7-18(8-10-19)13-16-6-5-11(17-13)12(20)22-4/h2*5-6H,7-10H2,1-4H3. The highest BCUT2D eigenvalue weighted by Crippen LogP contribution is 2.17. The van der Waals surface area contributed by atoms with Gasteiger partial charge in [-0.15, -0.1) is 0 Å². The van der Waals surface area contributed by atoms with Gasteiger partial charge in [0.15, 0.2) is 11.4 Å². The number of methoxy groups -OCH3 is 2. The first-order chi connectivity index (χ1) is 21.6. The minimum Gasteiger partial charge on any atom is -0.464 e. The van der Waals surface area contributed by atoms with Crippen molar-refractivity contribution in [1.82, 2.24) is 29.7 Å². The molecule has 4 rings (SSSR count). The summed E-state index contributed by atoms with van der Waals surface area (Å²) in [5, 5.41) is 0. The molecule has 0 radical (unpaired) electrons. The van der Waals surface area contributed by atoms with Gasteiger partial charge in [-0.3, -0.25) is 0 Å². The van der Waals surface area contributed by atoms with Gasteiger partial charge in [-0.1, -0.05) is 0 Å².